The Morgan fingerprint density at radius 1 is 1.50 bits per heavy atom. The number of hydrogen-bond donors (Lipinski definition) is 1. The average Bonchev–Trinajstić information content (AvgIpc) is 2.37. The third-order valence-electron chi connectivity index (χ3n) is 2.59. The van der Waals surface area contributed by atoms with Crippen molar-refractivity contribution < 1.29 is 22.4 Å². The van der Waals surface area contributed by atoms with Crippen LogP contribution in [-0.4, -0.2) is 26.4 Å². The van der Waals surface area contributed by atoms with Crippen molar-refractivity contribution in [3.63, 3.8) is 0 Å². The molecule has 1 N–H and O–H groups in total. The van der Waals surface area contributed by atoms with E-state index in [-0.39, 0.29) is 6.61 Å². The Bertz CT molecular complexity index is 570. The molecule has 1 rings (SSSR count). The van der Waals surface area contributed by atoms with Crippen LogP contribution in [0.25, 0.3) is 0 Å². The van der Waals surface area contributed by atoms with Crippen LogP contribution < -0.4 is 4.74 Å². The molecule has 2 atom stereocenters. The van der Waals surface area contributed by atoms with E-state index in [4.69, 9.17) is 16.3 Å². The predicted molar refractivity (Wildman–Crippen MR) is 77.2 cm³/mol. The summed E-state index contributed by atoms with van der Waals surface area (Å²) >= 11 is 6.00. The van der Waals surface area contributed by atoms with E-state index in [1.165, 1.54) is 6.26 Å². The summed E-state index contributed by atoms with van der Waals surface area (Å²) in [6.45, 7) is 5.00. The molecule has 0 fully saturated rings. The van der Waals surface area contributed by atoms with Gasteiger partial charge in [0.2, 0.25) is 0 Å². The van der Waals surface area contributed by atoms with Crippen molar-refractivity contribution in [1.29, 1.82) is 0 Å². The van der Waals surface area contributed by atoms with E-state index in [0.717, 1.165) is 6.26 Å². The summed E-state index contributed by atoms with van der Waals surface area (Å²) in [7, 11) is -3.53. The van der Waals surface area contributed by atoms with Crippen molar-refractivity contribution >= 4 is 21.7 Å². The minimum absolute atomic E-state index is 0.109. The number of ether oxygens (including phenoxy) is 1. The molecule has 7 heteroatoms. The maximum Gasteiger partial charge on any atom is 0.264 e. The SMILES string of the molecule is C=COc1ccc([C@@H](O)[C@H](C)COS(C)(=O)=O)cc1Cl. The quantitative estimate of drug-likeness (QED) is 0.617. The van der Waals surface area contributed by atoms with E-state index in [0.29, 0.717) is 16.3 Å². The second-order valence-electron chi connectivity index (χ2n) is 4.39. The van der Waals surface area contributed by atoms with Gasteiger partial charge in [0.15, 0.2) is 0 Å². The van der Waals surface area contributed by atoms with Gasteiger partial charge in [-0.1, -0.05) is 31.2 Å². The Labute approximate surface area is 123 Å². The second kappa shape index (κ2) is 7.08. The Kier molecular flexibility index (Phi) is 6.01. The van der Waals surface area contributed by atoms with Gasteiger partial charge >= 0.3 is 0 Å². The molecule has 1 aromatic carbocycles. The van der Waals surface area contributed by atoms with Crippen LogP contribution in [0.5, 0.6) is 5.75 Å². The highest BCUT2D eigenvalue weighted by molar-refractivity contribution is 7.85. The van der Waals surface area contributed by atoms with Gasteiger partial charge in [0.25, 0.3) is 10.1 Å². The number of hydrogen-bond acceptors (Lipinski definition) is 5. The topological polar surface area (TPSA) is 72.8 Å². The fourth-order valence-electron chi connectivity index (χ4n) is 1.54. The Hall–Kier alpha value is -1.08. The molecule has 1 aromatic rings. The van der Waals surface area contributed by atoms with E-state index >= 15 is 0 Å². The molecular formula is C13H17ClO5S. The Morgan fingerprint density at radius 3 is 2.65 bits per heavy atom. The van der Waals surface area contributed by atoms with Gasteiger partial charge in [0, 0.05) is 5.92 Å². The second-order valence-corrected chi connectivity index (χ2v) is 6.44. The first-order valence-electron chi connectivity index (χ1n) is 5.84. The standard InChI is InChI=1S/C13H17ClO5S/c1-4-18-12-6-5-10(7-11(12)14)13(15)9(2)8-19-20(3,16)17/h4-7,9,13,15H,1,8H2,2-3H3/t9-,13+/m1/s1. The summed E-state index contributed by atoms with van der Waals surface area (Å²) in [4.78, 5) is 0. The summed E-state index contributed by atoms with van der Waals surface area (Å²) in [5.41, 5.74) is 0.552. The maximum atomic E-state index is 10.9. The number of rotatable bonds is 7. The molecule has 0 saturated carbocycles. The summed E-state index contributed by atoms with van der Waals surface area (Å²) in [5, 5.41) is 10.5. The van der Waals surface area contributed by atoms with Crippen molar-refractivity contribution in [2.45, 2.75) is 13.0 Å². The fourth-order valence-corrected chi connectivity index (χ4v) is 2.23. The molecule has 0 radical (unpaired) electrons. The Balaban J connectivity index is 2.78. The largest absolute Gasteiger partial charge is 0.464 e. The van der Waals surface area contributed by atoms with Gasteiger partial charge in [-0.25, -0.2) is 0 Å². The smallest absolute Gasteiger partial charge is 0.264 e. The van der Waals surface area contributed by atoms with Crippen molar-refractivity contribution in [3.05, 3.63) is 41.6 Å². The first kappa shape index (κ1) is 17.0. The van der Waals surface area contributed by atoms with Gasteiger partial charge in [-0.05, 0) is 17.7 Å². The lowest BCUT2D eigenvalue weighted by Crippen LogP contribution is -2.17. The molecule has 0 aromatic heterocycles. The lowest BCUT2D eigenvalue weighted by Gasteiger charge is -2.19. The first-order valence-corrected chi connectivity index (χ1v) is 8.03. The zero-order valence-electron chi connectivity index (χ0n) is 11.2. The molecule has 0 unspecified atom stereocenters. The van der Waals surface area contributed by atoms with Gasteiger partial charge in [-0.2, -0.15) is 8.42 Å². The molecular weight excluding hydrogens is 304 g/mol. The van der Waals surface area contributed by atoms with E-state index in [1.54, 1.807) is 25.1 Å². The lowest BCUT2D eigenvalue weighted by molar-refractivity contribution is 0.0867. The van der Waals surface area contributed by atoms with Crippen LogP contribution in [0.4, 0.5) is 0 Å². The molecule has 0 amide bonds. The predicted octanol–water partition coefficient (Wildman–Crippen LogP) is 2.51. The van der Waals surface area contributed by atoms with E-state index in [9.17, 15) is 13.5 Å². The molecule has 0 bridgehead atoms. The molecule has 5 nitrogen and oxygen atoms in total. The van der Waals surface area contributed by atoms with Gasteiger partial charge in [-0.15, -0.1) is 0 Å². The third kappa shape index (κ3) is 5.13. The first-order chi connectivity index (χ1) is 9.24. The van der Waals surface area contributed by atoms with Gasteiger partial charge in [0.1, 0.15) is 5.75 Å². The van der Waals surface area contributed by atoms with Crippen LogP contribution in [0.3, 0.4) is 0 Å². The zero-order chi connectivity index (χ0) is 15.3. The van der Waals surface area contributed by atoms with Crippen molar-refractivity contribution in [3.8, 4) is 5.75 Å². The molecule has 0 heterocycles. The molecule has 20 heavy (non-hydrogen) atoms. The summed E-state index contributed by atoms with van der Waals surface area (Å²) < 4.78 is 31.6. The highest BCUT2D eigenvalue weighted by Crippen LogP contribution is 2.30. The van der Waals surface area contributed by atoms with Crippen LogP contribution in [0.15, 0.2) is 31.0 Å². The van der Waals surface area contributed by atoms with E-state index in [2.05, 4.69) is 10.8 Å². The average molecular weight is 321 g/mol. The van der Waals surface area contributed by atoms with Crippen molar-refractivity contribution in [2.24, 2.45) is 5.92 Å². The van der Waals surface area contributed by atoms with Gasteiger partial charge in [0.05, 0.1) is 30.3 Å². The van der Waals surface area contributed by atoms with E-state index < -0.39 is 22.1 Å². The molecule has 0 spiro atoms. The molecule has 0 aliphatic rings. The van der Waals surface area contributed by atoms with Gasteiger partial charge < -0.3 is 9.84 Å². The van der Waals surface area contributed by atoms with Crippen molar-refractivity contribution in [2.75, 3.05) is 12.9 Å². The monoisotopic (exact) mass is 320 g/mol. The number of aliphatic hydroxyl groups excluding tert-OH is 1. The zero-order valence-corrected chi connectivity index (χ0v) is 12.8. The number of benzene rings is 1. The Morgan fingerprint density at radius 2 is 2.15 bits per heavy atom. The molecule has 0 saturated heterocycles. The fraction of sp³-hybridized carbons (Fsp3) is 0.385. The van der Waals surface area contributed by atoms with Gasteiger partial charge in [-0.3, -0.25) is 4.18 Å². The van der Waals surface area contributed by atoms with Crippen LogP contribution in [0, 0.1) is 5.92 Å². The van der Waals surface area contributed by atoms with Crippen LogP contribution in [0.1, 0.15) is 18.6 Å². The maximum absolute atomic E-state index is 10.9. The third-order valence-corrected chi connectivity index (χ3v) is 3.45. The summed E-state index contributed by atoms with van der Waals surface area (Å²) in [5.74, 6) is 0.0182. The highest BCUT2D eigenvalue weighted by Gasteiger charge is 2.19. The molecule has 0 aliphatic heterocycles. The number of halogens is 1. The number of aliphatic hydroxyl groups is 1. The van der Waals surface area contributed by atoms with Crippen LogP contribution in [0.2, 0.25) is 5.02 Å². The molecule has 112 valence electrons. The van der Waals surface area contributed by atoms with Crippen LogP contribution >= 0.6 is 11.6 Å². The minimum atomic E-state index is -3.53. The minimum Gasteiger partial charge on any atom is -0.464 e. The van der Waals surface area contributed by atoms with Crippen molar-refractivity contribution in [1.82, 2.24) is 0 Å². The lowest BCUT2D eigenvalue weighted by atomic mass is 9.98. The van der Waals surface area contributed by atoms with Crippen LogP contribution in [-0.2, 0) is 14.3 Å². The summed E-state index contributed by atoms with van der Waals surface area (Å²) in [6.07, 6.45) is 1.32. The highest BCUT2D eigenvalue weighted by atomic mass is 35.5. The normalized spacial score (nSPS) is 14.6. The summed E-state index contributed by atoms with van der Waals surface area (Å²) in [6, 6.07) is 4.81. The molecule has 0 aliphatic carbocycles. The van der Waals surface area contributed by atoms with E-state index in [1.807, 2.05) is 0 Å².